The van der Waals surface area contributed by atoms with Crippen LogP contribution in [0.5, 0.6) is 5.75 Å². The summed E-state index contributed by atoms with van der Waals surface area (Å²) in [5.74, 6) is 0.731. The standard InChI is InChI=1S/C18H20N4O2/c1-2-3-13-4-7-15(8-5-13)24-12-21-18(23)22-14-6-9-16-17(10-14)20-11-19-16/h4-11H,2-3,12H2,1H3,(H,19,20)(H2,21,22,23). The number of hydrogen-bond donors (Lipinski definition) is 3. The van der Waals surface area contributed by atoms with Gasteiger partial charge < -0.3 is 20.4 Å². The van der Waals surface area contributed by atoms with Gasteiger partial charge in [-0.2, -0.15) is 0 Å². The first kappa shape index (κ1) is 15.9. The number of aromatic nitrogens is 2. The van der Waals surface area contributed by atoms with Crippen LogP contribution in [-0.2, 0) is 6.42 Å². The molecule has 1 heterocycles. The fourth-order valence-electron chi connectivity index (χ4n) is 2.41. The third kappa shape index (κ3) is 4.04. The van der Waals surface area contributed by atoms with E-state index in [1.165, 1.54) is 5.56 Å². The molecule has 1 aromatic heterocycles. The summed E-state index contributed by atoms with van der Waals surface area (Å²) in [6.45, 7) is 2.25. The van der Waals surface area contributed by atoms with E-state index >= 15 is 0 Å². The van der Waals surface area contributed by atoms with Gasteiger partial charge in [0.2, 0.25) is 0 Å². The number of carbonyl (C=O) groups is 1. The fraction of sp³-hybridized carbons (Fsp3) is 0.222. The number of aryl methyl sites for hydroxylation is 1. The van der Waals surface area contributed by atoms with Gasteiger partial charge in [-0.3, -0.25) is 0 Å². The van der Waals surface area contributed by atoms with E-state index in [0.717, 1.165) is 29.6 Å². The normalized spacial score (nSPS) is 10.5. The first-order chi connectivity index (χ1) is 11.7. The number of urea groups is 1. The molecule has 6 heteroatoms. The summed E-state index contributed by atoms with van der Waals surface area (Å²) in [5.41, 5.74) is 3.70. The predicted octanol–water partition coefficient (Wildman–Crippen LogP) is 3.67. The lowest BCUT2D eigenvalue weighted by atomic mass is 10.1. The Morgan fingerprint density at radius 1 is 1.21 bits per heavy atom. The molecule has 3 rings (SSSR count). The van der Waals surface area contributed by atoms with Crippen LogP contribution in [0.15, 0.2) is 48.8 Å². The summed E-state index contributed by atoms with van der Waals surface area (Å²) < 4.78 is 5.52. The summed E-state index contributed by atoms with van der Waals surface area (Å²) in [6, 6.07) is 13.1. The van der Waals surface area contributed by atoms with Gasteiger partial charge in [0.15, 0.2) is 6.73 Å². The first-order valence-corrected chi connectivity index (χ1v) is 7.94. The highest BCUT2D eigenvalue weighted by molar-refractivity contribution is 5.91. The molecule has 0 fully saturated rings. The number of carbonyl (C=O) groups excluding carboxylic acids is 1. The molecule has 0 bridgehead atoms. The molecular weight excluding hydrogens is 304 g/mol. The molecule has 2 aromatic carbocycles. The second-order valence-corrected chi connectivity index (χ2v) is 5.45. The number of rotatable bonds is 6. The SMILES string of the molecule is CCCc1ccc(OCNC(=O)Nc2ccc3nc[nH]c3c2)cc1. The van der Waals surface area contributed by atoms with Crippen molar-refractivity contribution in [3.63, 3.8) is 0 Å². The number of benzene rings is 2. The molecule has 0 atom stereocenters. The highest BCUT2D eigenvalue weighted by Crippen LogP contribution is 2.15. The van der Waals surface area contributed by atoms with Gasteiger partial charge >= 0.3 is 6.03 Å². The van der Waals surface area contributed by atoms with E-state index in [1.54, 1.807) is 12.4 Å². The number of aromatic amines is 1. The highest BCUT2D eigenvalue weighted by atomic mass is 16.5. The van der Waals surface area contributed by atoms with Gasteiger partial charge in [-0.1, -0.05) is 25.5 Å². The lowest BCUT2D eigenvalue weighted by molar-refractivity contribution is 0.234. The third-order valence-corrected chi connectivity index (χ3v) is 3.61. The van der Waals surface area contributed by atoms with E-state index < -0.39 is 0 Å². The Morgan fingerprint density at radius 3 is 2.83 bits per heavy atom. The van der Waals surface area contributed by atoms with Crippen molar-refractivity contribution < 1.29 is 9.53 Å². The van der Waals surface area contributed by atoms with E-state index in [1.807, 2.05) is 36.4 Å². The first-order valence-electron chi connectivity index (χ1n) is 7.94. The zero-order chi connectivity index (χ0) is 16.8. The third-order valence-electron chi connectivity index (χ3n) is 3.61. The Bertz CT molecular complexity index is 811. The zero-order valence-electron chi connectivity index (χ0n) is 13.5. The monoisotopic (exact) mass is 324 g/mol. The molecule has 3 N–H and O–H groups in total. The van der Waals surface area contributed by atoms with Crippen molar-refractivity contribution in [2.24, 2.45) is 0 Å². The topological polar surface area (TPSA) is 79.0 Å². The van der Waals surface area contributed by atoms with Crippen LogP contribution in [0, 0.1) is 0 Å². The van der Waals surface area contributed by atoms with Crippen LogP contribution >= 0.6 is 0 Å². The van der Waals surface area contributed by atoms with Gasteiger partial charge in [0.05, 0.1) is 17.4 Å². The van der Waals surface area contributed by atoms with Crippen LogP contribution in [0.2, 0.25) is 0 Å². The summed E-state index contributed by atoms with van der Waals surface area (Å²) in [4.78, 5) is 19.0. The van der Waals surface area contributed by atoms with Gasteiger partial charge in [0.1, 0.15) is 5.75 Å². The summed E-state index contributed by atoms with van der Waals surface area (Å²) in [6.07, 6.45) is 3.79. The summed E-state index contributed by atoms with van der Waals surface area (Å²) in [5, 5.41) is 5.42. The number of imidazole rings is 1. The molecule has 0 spiro atoms. The molecule has 3 aromatic rings. The predicted molar refractivity (Wildman–Crippen MR) is 94.2 cm³/mol. The van der Waals surface area contributed by atoms with Crippen molar-refractivity contribution in [3.05, 3.63) is 54.4 Å². The number of H-pyrrole nitrogens is 1. The van der Waals surface area contributed by atoms with Crippen molar-refractivity contribution in [2.45, 2.75) is 19.8 Å². The van der Waals surface area contributed by atoms with Crippen LogP contribution < -0.4 is 15.4 Å². The number of nitrogens with zero attached hydrogens (tertiary/aromatic N) is 1. The quantitative estimate of drug-likeness (QED) is 0.605. The highest BCUT2D eigenvalue weighted by Gasteiger charge is 2.03. The Morgan fingerprint density at radius 2 is 2.04 bits per heavy atom. The lowest BCUT2D eigenvalue weighted by Crippen LogP contribution is -2.31. The summed E-state index contributed by atoms with van der Waals surface area (Å²) >= 11 is 0. The molecule has 2 amide bonds. The molecule has 0 radical (unpaired) electrons. The molecular formula is C18H20N4O2. The maximum absolute atomic E-state index is 11.9. The molecule has 0 unspecified atom stereocenters. The van der Waals surface area contributed by atoms with Crippen LogP contribution in [-0.4, -0.2) is 22.7 Å². The van der Waals surface area contributed by atoms with E-state index in [9.17, 15) is 4.79 Å². The van der Waals surface area contributed by atoms with Crippen molar-refractivity contribution >= 4 is 22.8 Å². The molecule has 124 valence electrons. The molecule has 0 saturated heterocycles. The molecule has 0 saturated carbocycles. The average molecular weight is 324 g/mol. The smallest absolute Gasteiger partial charge is 0.321 e. The Hall–Kier alpha value is -3.02. The fourth-order valence-corrected chi connectivity index (χ4v) is 2.41. The number of ether oxygens (including phenoxy) is 1. The number of hydrogen-bond acceptors (Lipinski definition) is 3. The average Bonchev–Trinajstić information content (AvgIpc) is 3.04. The largest absolute Gasteiger partial charge is 0.473 e. The van der Waals surface area contributed by atoms with E-state index in [-0.39, 0.29) is 12.8 Å². The van der Waals surface area contributed by atoms with Crippen molar-refractivity contribution in [3.8, 4) is 5.75 Å². The number of nitrogens with one attached hydrogen (secondary N) is 3. The number of amides is 2. The van der Waals surface area contributed by atoms with Gasteiger partial charge in [-0.25, -0.2) is 9.78 Å². The van der Waals surface area contributed by atoms with Crippen LogP contribution in [0.4, 0.5) is 10.5 Å². The van der Waals surface area contributed by atoms with Crippen LogP contribution in [0.1, 0.15) is 18.9 Å². The van der Waals surface area contributed by atoms with Crippen molar-refractivity contribution in [2.75, 3.05) is 12.0 Å². The zero-order valence-corrected chi connectivity index (χ0v) is 13.5. The molecule has 0 aliphatic carbocycles. The van der Waals surface area contributed by atoms with Crippen molar-refractivity contribution in [1.82, 2.24) is 15.3 Å². The number of anilines is 1. The molecule has 0 aliphatic heterocycles. The molecule has 0 aliphatic rings. The maximum atomic E-state index is 11.9. The Labute approximate surface area is 140 Å². The number of fused-ring (bicyclic) bond motifs is 1. The second kappa shape index (κ2) is 7.50. The van der Waals surface area contributed by atoms with Gasteiger partial charge in [-0.05, 0) is 42.3 Å². The van der Waals surface area contributed by atoms with Gasteiger partial charge in [0, 0.05) is 5.69 Å². The van der Waals surface area contributed by atoms with E-state index in [0.29, 0.717) is 5.69 Å². The van der Waals surface area contributed by atoms with Gasteiger partial charge in [0.25, 0.3) is 0 Å². The Balaban J connectivity index is 1.46. The minimum atomic E-state index is -0.323. The van der Waals surface area contributed by atoms with E-state index in [2.05, 4.69) is 27.5 Å². The molecule has 24 heavy (non-hydrogen) atoms. The minimum absolute atomic E-state index is 0.102. The van der Waals surface area contributed by atoms with Gasteiger partial charge in [-0.15, -0.1) is 0 Å². The van der Waals surface area contributed by atoms with Crippen LogP contribution in [0.3, 0.4) is 0 Å². The lowest BCUT2D eigenvalue weighted by Gasteiger charge is -2.10. The second-order valence-electron chi connectivity index (χ2n) is 5.45. The Kier molecular flexibility index (Phi) is 4.96. The maximum Gasteiger partial charge on any atom is 0.321 e. The molecule has 6 nitrogen and oxygen atoms in total. The van der Waals surface area contributed by atoms with E-state index in [4.69, 9.17) is 4.74 Å². The van der Waals surface area contributed by atoms with Crippen molar-refractivity contribution in [1.29, 1.82) is 0 Å². The summed E-state index contributed by atoms with van der Waals surface area (Å²) in [7, 11) is 0. The van der Waals surface area contributed by atoms with Crippen LogP contribution in [0.25, 0.3) is 11.0 Å². The minimum Gasteiger partial charge on any atom is -0.473 e.